The van der Waals surface area contributed by atoms with Gasteiger partial charge in [0, 0.05) is 37.7 Å². The number of amides is 1. The molecule has 4 nitrogen and oxygen atoms in total. The molecule has 3 rings (SSSR count). The number of carbonyl (C=O) groups is 1. The van der Waals surface area contributed by atoms with Crippen LogP contribution in [0, 0.1) is 17.3 Å². The highest BCUT2D eigenvalue weighted by atomic mass is 16.3. The number of nitrogens with zero attached hydrogens (tertiary/aromatic N) is 1. The average molecular weight is 453 g/mol. The number of aryl methyl sites for hydroxylation is 1. The fourth-order valence-corrected chi connectivity index (χ4v) is 5.07. The van der Waals surface area contributed by atoms with Crippen molar-refractivity contribution in [1.82, 2.24) is 10.2 Å². The van der Waals surface area contributed by atoms with Gasteiger partial charge in [0.2, 0.25) is 5.91 Å². The molecule has 1 amide bonds. The topological polar surface area (TPSA) is 52.6 Å². The lowest BCUT2D eigenvalue weighted by molar-refractivity contribution is -0.134. The second kappa shape index (κ2) is 11.9. The molecule has 0 saturated carbocycles. The van der Waals surface area contributed by atoms with Gasteiger partial charge in [-0.3, -0.25) is 4.79 Å². The predicted molar refractivity (Wildman–Crippen MR) is 138 cm³/mol. The maximum absolute atomic E-state index is 12.5. The molecule has 0 spiro atoms. The second-order valence-corrected chi connectivity index (χ2v) is 11.2. The van der Waals surface area contributed by atoms with E-state index in [0.29, 0.717) is 24.8 Å². The smallest absolute Gasteiger partial charge is 0.223 e. The zero-order chi connectivity index (χ0) is 23.8. The molecule has 1 aliphatic heterocycles. The van der Waals surface area contributed by atoms with Gasteiger partial charge in [-0.05, 0) is 73.0 Å². The standard InChI is InChI=1S/C29H44N2O2/c1-22(30-17-20-32)25-11-13-27(14-12-25)26-9-7-23(8-10-26)5-6-24-15-18-31(19-16-24)28(33)21-29(2,3)4/h7-10,13,24-25,30,32H,1,5-6,11-12,14-21H2,2-4H3. The predicted octanol–water partition coefficient (Wildman–Crippen LogP) is 5.57. The molecule has 1 aromatic carbocycles. The highest BCUT2D eigenvalue weighted by Gasteiger charge is 2.25. The van der Waals surface area contributed by atoms with Gasteiger partial charge in [0.25, 0.3) is 0 Å². The molecule has 1 unspecified atom stereocenters. The first-order valence-corrected chi connectivity index (χ1v) is 12.8. The maximum atomic E-state index is 12.5. The van der Waals surface area contributed by atoms with Crippen LogP contribution in [0.5, 0.6) is 0 Å². The molecular weight excluding hydrogens is 408 g/mol. The van der Waals surface area contributed by atoms with E-state index in [1.165, 1.54) is 23.1 Å². The maximum Gasteiger partial charge on any atom is 0.223 e. The van der Waals surface area contributed by atoms with Crippen molar-refractivity contribution in [2.45, 2.75) is 72.1 Å². The largest absolute Gasteiger partial charge is 0.395 e. The summed E-state index contributed by atoms with van der Waals surface area (Å²) >= 11 is 0. The molecule has 33 heavy (non-hydrogen) atoms. The van der Waals surface area contributed by atoms with Crippen LogP contribution in [0.25, 0.3) is 5.57 Å². The number of aliphatic hydroxyl groups excluding tert-OH is 1. The van der Waals surface area contributed by atoms with Crippen molar-refractivity contribution in [3.05, 3.63) is 53.7 Å². The van der Waals surface area contributed by atoms with E-state index in [1.807, 2.05) is 0 Å². The van der Waals surface area contributed by atoms with Crippen LogP contribution in [0.4, 0.5) is 0 Å². The number of benzene rings is 1. The summed E-state index contributed by atoms with van der Waals surface area (Å²) in [5.41, 5.74) is 5.33. The minimum Gasteiger partial charge on any atom is -0.395 e. The van der Waals surface area contributed by atoms with E-state index in [0.717, 1.165) is 63.2 Å². The average Bonchev–Trinajstić information content (AvgIpc) is 2.81. The number of likely N-dealkylation sites (tertiary alicyclic amines) is 1. The van der Waals surface area contributed by atoms with Crippen LogP contribution >= 0.6 is 0 Å². The normalized spacial score (nSPS) is 19.8. The number of allylic oxidation sites excluding steroid dienone is 3. The number of aliphatic hydroxyl groups is 1. The van der Waals surface area contributed by atoms with Gasteiger partial charge < -0.3 is 15.3 Å². The summed E-state index contributed by atoms with van der Waals surface area (Å²) in [6.45, 7) is 13.1. The summed E-state index contributed by atoms with van der Waals surface area (Å²) in [6.07, 6.45) is 10.8. The molecule has 1 aliphatic carbocycles. The Labute approximate surface area is 201 Å². The third kappa shape index (κ3) is 8.03. The number of nitrogens with one attached hydrogen (secondary N) is 1. The molecule has 0 aromatic heterocycles. The quantitative estimate of drug-likeness (QED) is 0.515. The third-order valence-electron chi connectivity index (χ3n) is 7.18. The van der Waals surface area contributed by atoms with Crippen molar-refractivity contribution in [3.8, 4) is 0 Å². The zero-order valence-electron chi connectivity index (χ0n) is 21.0. The minimum atomic E-state index is 0.0710. The molecule has 182 valence electrons. The summed E-state index contributed by atoms with van der Waals surface area (Å²) in [6, 6.07) is 9.17. The van der Waals surface area contributed by atoms with Gasteiger partial charge in [0.05, 0.1) is 6.61 Å². The van der Waals surface area contributed by atoms with E-state index in [-0.39, 0.29) is 12.0 Å². The summed E-state index contributed by atoms with van der Waals surface area (Å²) in [4.78, 5) is 14.5. The lowest BCUT2D eigenvalue weighted by Crippen LogP contribution is -2.40. The van der Waals surface area contributed by atoms with Crippen LogP contribution in [0.2, 0.25) is 0 Å². The van der Waals surface area contributed by atoms with Gasteiger partial charge in [-0.25, -0.2) is 0 Å². The summed E-state index contributed by atoms with van der Waals surface area (Å²) in [7, 11) is 0. The van der Waals surface area contributed by atoms with Crippen LogP contribution in [-0.4, -0.2) is 42.2 Å². The Morgan fingerprint density at radius 3 is 2.42 bits per heavy atom. The number of piperidine rings is 1. The van der Waals surface area contributed by atoms with Gasteiger partial charge in [-0.1, -0.05) is 57.7 Å². The second-order valence-electron chi connectivity index (χ2n) is 11.2. The Morgan fingerprint density at radius 1 is 1.15 bits per heavy atom. The molecule has 1 heterocycles. The molecule has 0 radical (unpaired) electrons. The van der Waals surface area contributed by atoms with Crippen LogP contribution in [0.15, 0.2) is 42.6 Å². The first-order chi connectivity index (χ1) is 15.7. The number of hydrogen-bond donors (Lipinski definition) is 2. The van der Waals surface area contributed by atoms with Gasteiger partial charge in [0.15, 0.2) is 0 Å². The molecule has 1 aromatic rings. The molecule has 1 atom stereocenters. The van der Waals surface area contributed by atoms with Gasteiger partial charge in [0.1, 0.15) is 0 Å². The van der Waals surface area contributed by atoms with Crippen LogP contribution in [-0.2, 0) is 11.2 Å². The Kier molecular flexibility index (Phi) is 9.19. The van der Waals surface area contributed by atoms with Gasteiger partial charge in [-0.15, -0.1) is 0 Å². The fraction of sp³-hybridized carbons (Fsp3) is 0.621. The Bertz CT molecular complexity index is 811. The third-order valence-corrected chi connectivity index (χ3v) is 7.18. The van der Waals surface area contributed by atoms with Gasteiger partial charge in [-0.2, -0.15) is 0 Å². The van der Waals surface area contributed by atoms with Crippen molar-refractivity contribution >= 4 is 11.5 Å². The Hall–Kier alpha value is -2.07. The van der Waals surface area contributed by atoms with E-state index in [9.17, 15) is 4.79 Å². The first kappa shape index (κ1) is 25.6. The lowest BCUT2D eigenvalue weighted by Gasteiger charge is -2.33. The van der Waals surface area contributed by atoms with Crippen molar-refractivity contribution in [1.29, 1.82) is 0 Å². The highest BCUT2D eigenvalue weighted by molar-refractivity contribution is 5.76. The molecule has 2 aliphatic rings. The van der Waals surface area contributed by atoms with E-state index >= 15 is 0 Å². The monoisotopic (exact) mass is 452 g/mol. The first-order valence-electron chi connectivity index (χ1n) is 12.8. The molecular formula is C29H44N2O2. The molecule has 1 saturated heterocycles. The van der Waals surface area contributed by atoms with Crippen molar-refractivity contribution in [3.63, 3.8) is 0 Å². The van der Waals surface area contributed by atoms with Crippen LogP contribution in [0.1, 0.15) is 76.8 Å². The van der Waals surface area contributed by atoms with E-state index in [1.54, 1.807) is 0 Å². The highest BCUT2D eigenvalue weighted by Crippen LogP contribution is 2.33. The van der Waals surface area contributed by atoms with E-state index in [2.05, 4.69) is 67.9 Å². The Morgan fingerprint density at radius 2 is 1.85 bits per heavy atom. The van der Waals surface area contributed by atoms with Crippen LogP contribution < -0.4 is 5.32 Å². The lowest BCUT2D eigenvalue weighted by atomic mass is 9.84. The molecule has 2 N–H and O–H groups in total. The van der Waals surface area contributed by atoms with Crippen LogP contribution in [0.3, 0.4) is 0 Å². The van der Waals surface area contributed by atoms with E-state index in [4.69, 9.17) is 5.11 Å². The summed E-state index contributed by atoms with van der Waals surface area (Å²) in [5.74, 6) is 1.52. The van der Waals surface area contributed by atoms with E-state index < -0.39 is 0 Å². The number of rotatable bonds is 9. The van der Waals surface area contributed by atoms with Crippen molar-refractivity contribution < 1.29 is 9.90 Å². The summed E-state index contributed by atoms with van der Waals surface area (Å²) < 4.78 is 0. The van der Waals surface area contributed by atoms with Crippen molar-refractivity contribution in [2.75, 3.05) is 26.2 Å². The summed E-state index contributed by atoms with van der Waals surface area (Å²) in [5, 5.41) is 12.2. The number of carbonyl (C=O) groups excluding carboxylic acids is 1. The molecule has 4 heteroatoms. The van der Waals surface area contributed by atoms with Crippen molar-refractivity contribution in [2.24, 2.45) is 17.3 Å². The minimum absolute atomic E-state index is 0.0710. The molecule has 1 fully saturated rings. The molecule has 0 bridgehead atoms. The fourth-order valence-electron chi connectivity index (χ4n) is 5.07. The number of hydrogen-bond acceptors (Lipinski definition) is 3. The zero-order valence-corrected chi connectivity index (χ0v) is 21.0. The van der Waals surface area contributed by atoms with Gasteiger partial charge >= 0.3 is 0 Å². The SMILES string of the molecule is C=C(NCCO)C1CC=C(c2ccc(CCC3CCN(C(=O)CC(C)(C)C)CC3)cc2)CC1. The Balaban J connectivity index is 1.41.